The van der Waals surface area contributed by atoms with Crippen LogP contribution in [0.4, 0.5) is 0 Å². The van der Waals surface area contributed by atoms with E-state index in [1.54, 1.807) is 0 Å². The van der Waals surface area contributed by atoms with Crippen LogP contribution in [0.2, 0.25) is 0 Å². The van der Waals surface area contributed by atoms with E-state index in [9.17, 15) is 0 Å². The lowest BCUT2D eigenvalue weighted by Crippen LogP contribution is -2.44. The monoisotopic (exact) mass is 318 g/mol. The van der Waals surface area contributed by atoms with Crippen molar-refractivity contribution in [2.75, 3.05) is 13.7 Å². The van der Waals surface area contributed by atoms with Crippen molar-refractivity contribution in [2.24, 2.45) is 10.9 Å². The van der Waals surface area contributed by atoms with Gasteiger partial charge in [-0.15, -0.1) is 0 Å². The lowest BCUT2D eigenvalue weighted by atomic mass is 9.87. The second-order valence-corrected chi connectivity index (χ2v) is 6.39. The second-order valence-electron chi connectivity index (χ2n) is 6.39. The van der Waals surface area contributed by atoms with Crippen LogP contribution in [0, 0.1) is 5.92 Å². The molecule has 2 N–H and O–H groups in total. The lowest BCUT2D eigenvalue weighted by molar-refractivity contribution is 0.305. The van der Waals surface area contributed by atoms with Crippen molar-refractivity contribution in [1.82, 2.24) is 15.6 Å². The van der Waals surface area contributed by atoms with E-state index in [-0.39, 0.29) is 0 Å². The molecule has 1 aromatic heterocycles. The maximum Gasteiger partial charge on any atom is 0.213 e. The molecule has 0 amide bonds. The number of hydrogen-bond donors (Lipinski definition) is 2. The molecule has 1 aliphatic carbocycles. The smallest absolute Gasteiger partial charge is 0.213 e. The maximum absolute atomic E-state index is 5.50. The molecule has 1 fully saturated rings. The lowest BCUT2D eigenvalue weighted by Gasteiger charge is -2.28. The molecule has 2 rings (SSSR count). The molecule has 5 nitrogen and oxygen atoms in total. The third-order valence-electron chi connectivity index (χ3n) is 4.21. The van der Waals surface area contributed by atoms with Gasteiger partial charge in [-0.3, -0.25) is 4.99 Å². The first-order valence-corrected chi connectivity index (χ1v) is 8.76. The molecule has 0 bridgehead atoms. The molecule has 23 heavy (non-hydrogen) atoms. The molecule has 0 aromatic carbocycles. The average molecular weight is 318 g/mol. The first-order chi connectivity index (χ1) is 11.2. The number of ether oxygens (including phenoxy) is 1. The Morgan fingerprint density at radius 3 is 2.91 bits per heavy atom. The van der Waals surface area contributed by atoms with Gasteiger partial charge >= 0.3 is 0 Å². The standard InChI is InChI=1S/C18H30N4O/c1-4-10-23-17-9-8-15(12-20-17)13-21-18(19-3)22-16-7-5-6-14(2)11-16/h8-9,12,14,16H,4-7,10-11,13H2,1-3H3,(H2,19,21,22). The molecule has 2 atom stereocenters. The first kappa shape index (κ1) is 17.6. The van der Waals surface area contributed by atoms with Gasteiger partial charge in [0.1, 0.15) is 0 Å². The topological polar surface area (TPSA) is 58.5 Å². The van der Waals surface area contributed by atoms with Crippen molar-refractivity contribution < 1.29 is 4.74 Å². The van der Waals surface area contributed by atoms with Gasteiger partial charge in [-0.05, 0) is 30.7 Å². The Morgan fingerprint density at radius 2 is 2.26 bits per heavy atom. The summed E-state index contributed by atoms with van der Waals surface area (Å²) in [5.74, 6) is 2.36. The van der Waals surface area contributed by atoms with Gasteiger partial charge in [-0.1, -0.05) is 32.8 Å². The molecule has 5 heteroatoms. The van der Waals surface area contributed by atoms with E-state index in [1.807, 2.05) is 25.4 Å². The molecule has 0 aliphatic heterocycles. The molecule has 0 saturated heterocycles. The highest BCUT2D eigenvalue weighted by atomic mass is 16.5. The Labute approximate surface area is 139 Å². The minimum absolute atomic E-state index is 0.535. The van der Waals surface area contributed by atoms with E-state index in [1.165, 1.54) is 25.7 Å². The summed E-state index contributed by atoms with van der Waals surface area (Å²) in [6, 6.07) is 4.50. The molecular weight excluding hydrogens is 288 g/mol. The fourth-order valence-corrected chi connectivity index (χ4v) is 2.95. The van der Waals surface area contributed by atoms with Crippen molar-refractivity contribution in [3.63, 3.8) is 0 Å². The fourth-order valence-electron chi connectivity index (χ4n) is 2.95. The van der Waals surface area contributed by atoms with E-state index in [0.717, 1.165) is 23.9 Å². The number of aliphatic imine (C=N–C) groups is 1. The van der Waals surface area contributed by atoms with Crippen LogP contribution in [0.15, 0.2) is 23.3 Å². The third-order valence-corrected chi connectivity index (χ3v) is 4.21. The highest BCUT2D eigenvalue weighted by molar-refractivity contribution is 5.79. The Bertz CT molecular complexity index is 486. The third kappa shape index (κ3) is 6.08. The number of pyridine rings is 1. The quantitative estimate of drug-likeness (QED) is 0.625. The minimum Gasteiger partial charge on any atom is -0.478 e. The summed E-state index contributed by atoms with van der Waals surface area (Å²) in [6.45, 7) is 5.84. The molecule has 2 unspecified atom stereocenters. The predicted octanol–water partition coefficient (Wildman–Crippen LogP) is 3.11. The van der Waals surface area contributed by atoms with Gasteiger partial charge in [-0.25, -0.2) is 4.98 Å². The van der Waals surface area contributed by atoms with Gasteiger partial charge < -0.3 is 15.4 Å². The SMILES string of the molecule is CCCOc1ccc(CNC(=NC)NC2CCCC(C)C2)cn1. The Hall–Kier alpha value is -1.78. The molecule has 128 valence electrons. The van der Waals surface area contributed by atoms with Crippen LogP contribution in [0.25, 0.3) is 0 Å². The average Bonchev–Trinajstić information content (AvgIpc) is 2.57. The van der Waals surface area contributed by atoms with Gasteiger partial charge in [0.15, 0.2) is 5.96 Å². The van der Waals surface area contributed by atoms with Crippen molar-refractivity contribution >= 4 is 5.96 Å². The molecular formula is C18H30N4O. The summed E-state index contributed by atoms with van der Waals surface area (Å²) in [4.78, 5) is 8.65. The molecule has 1 aromatic rings. The van der Waals surface area contributed by atoms with Crippen LogP contribution in [0.3, 0.4) is 0 Å². The van der Waals surface area contributed by atoms with E-state index >= 15 is 0 Å². The van der Waals surface area contributed by atoms with Gasteiger partial charge in [0, 0.05) is 31.9 Å². The van der Waals surface area contributed by atoms with Crippen LogP contribution in [-0.2, 0) is 6.54 Å². The van der Waals surface area contributed by atoms with Crippen molar-refractivity contribution in [3.8, 4) is 5.88 Å². The molecule has 1 saturated carbocycles. The molecule has 0 spiro atoms. The van der Waals surface area contributed by atoms with Gasteiger partial charge in [0.2, 0.25) is 5.88 Å². The highest BCUT2D eigenvalue weighted by Crippen LogP contribution is 2.23. The maximum atomic E-state index is 5.50. The van der Waals surface area contributed by atoms with Crippen LogP contribution in [0.1, 0.15) is 51.5 Å². The Kier molecular flexibility index (Phi) is 7.17. The fraction of sp³-hybridized carbons (Fsp3) is 0.667. The molecule has 0 radical (unpaired) electrons. The number of aromatic nitrogens is 1. The summed E-state index contributed by atoms with van der Waals surface area (Å²) in [7, 11) is 1.82. The van der Waals surface area contributed by atoms with Gasteiger partial charge in [-0.2, -0.15) is 0 Å². The van der Waals surface area contributed by atoms with E-state index in [4.69, 9.17) is 4.74 Å². The van der Waals surface area contributed by atoms with Crippen LogP contribution in [-0.4, -0.2) is 30.6 Å². The summed E-state index contributed by atoms with van der Waals surface area (Å²) in [6.07, 6.45) is 7.96. The van der Waals surface area contributed by atoms with Crippen LogP contribution in [0.5, 0.6) is 5.88 Å². The number of hydrogen-bond acceptors (Lipinski definition) is 3. The zero-order chi connectivity index (χ0) is 16.5. The number of guanidine groups is 1. The van der Waals surface area contributed by atoms with E-state index in [2.05, 4.69) is 34.5 Å². The largest absolute Gasteiger partial charge is 0.478 e. The summed E-state index contributed by atoms with van der Waals surface area (Å²) < 4.78 is 5.50. The second kappa shape index (κ2) is 9.38. The van der Waals surface area contributed by atoms with Crippen LogP contribution >= 0.6 is 0 Å². The number of nitrogens with zero attached hydrogens (tertiary/aromatic N) is 2. The van der Waals surface area contributed by atoms with E-state index < -0.39 is 0 Å². The normalized spacial score (nSPS) is 21.8. The first-order valence-electron chi connectivity index (χ1n) is 8.76. The van der Waals surface area contributed by atoms with Crippen molar-refractivity contribution in [2.45, 2.75) is 58.5 Å². The van der Waals surface area contributed by atoms with Crippen LogP contribution < -0.4 is 15.4 Å². The molecule has 1 aliphatic rings. The van der Waals surface area contributed by atoms with Gasteiger partial charge in [0.25, 0.3) is 0 Å². The number of nitrogens with one attached hydrogen (secondary N) is 2. The van der Waals surface area contributed by atoms with Gasteiger partial charge in [0.05, 0.1) is 6.61 Å². The predicted molar refractivity (Wildman–Crippen MR) is 94.8 cm³/mol. The zero-order valence-electron chi connectivity index (χ0n) is 14.6. The summed E-state index contributed by atoms with van der Waals surface area (Å²) >= 11 is 0. The summed E-state index contributed by atoms with van der Waals surface area (Å²) in [5.41, 5.74) is 1.12. The Morgan fingerprint density at radius 1 is 1.39 bits per heavy atom. The van der Waals surface area contributed by atoms with Crippen molar-refractivity contribution in [3.05, 3.63) is 23.9 Å². The van der Waals surface area contributed by atoms with Crippen molar-refractivity contribution in [1.29, 1.82) is 0 Å². The highest BCUT2D eigenvalue weighted by Gasteiger charge is 2.19. The Balaban J connectivity index is 1.78. The minimum atomic E-state index is 0.535. The summed E-state index contributed by atoms with van der Waals surface area (Å²) in [5, 5.41) is 6.91. The van der Waals surface area contributed by atoms with E-state index in [0.29, 0.717) is 25.1 Å². The zero-order valence-corrected chi connectivity index (χ0v) is 14.6. The number of rotatable bonds is 6. The molecule has 1 heterocycles.